The van der Waals surface area contributed by atoms with E-state index in [0.29, 0.717) is 13.1 Å². The van der Waals surface area contributed by atoms with Gasteiger partial charge in [-0.15, -0.1) is 11.3 Å². The number of nitrogens with zero attached hydrogens (tertiary/aromatic N) is 2. The lowest BCUT2D eigenvalue weighted by Gasteiger charge is -2.07. The van der Waals surface area contributed by atoms with Crippen molar-refractivity contribution in [2.24, 2.45) is 0 Å². The zero-order chi connectivity index (χ0) is 16.2. The second kappa shape index (κ2) is 6.75. The van der Waals surface area contributed by atoms with Gasteiger partial charge in [-0.3, -0.25) is 4.79 Å². The van der Waals surface area contributed by atoms with E-state index >= 15 is 0 Å². The van der Waals surface area contributed by atoms with Crippen molar-refractivity contribution >= 4 is 33.3 Å². The van der Waals surface area contributed by atoms with Crippen molar-refractivity contribution in [2.75, 3.05) is 18.4 Å². The van der Waals surface area contributed by atoms with Crippen LogP contribution in [0, 0.1) is 6.92 Å². The predicted octanol–water partition coefficient (Wildman–Crippen LogP) is 3.21. The summed E-state index contributed by atoms with van der Waals surface area (Å²) < 4.78 is 0. The fraction of sp³-hybridized carbons (Fsp3) is 0.235. The Balaban J connectivity index is 1.91. The first kappa shape index (κ1) is 15.4. The second-order valence-corrected chi connectivity index (χ2v) is 6.23. The van der Waals surface area contributed by atoms with Crippen molar-refractivity contribution in [3.05, 3.63) is 42.2 Å². The minimum Gasteiger partial charge on any atom is -0.368 e. The summed E-state index contributed by atoms with van der Waals surface area (Å²) in [4.78, 5) is 21.9. The summed E-state index contributed by atoms with van der Waals surface area (Å²) in [6.07, 6.45) is 1.58. The molecule has 3 rings (SSSR count). The van der Waals surface area contributed by atoms with E-state index in [1.54, 1.807) is 17.7 Å². The average molecular weight is 326 g/mol. The smallest absolute Gasteiger partial charge is 0.216 e. The number of hydrogen-bond donors (Lipinski definition) is 2. The summed E-state index contributed by atoms with van der Waals surface area (Å²) in [7, 11) is 0. The maximum absolute atomic E-state index is 10.9. The molecule has 0 unspecified atom stereocenters. The second-order valence-electron chi connectivity index (χ2n) is 5.23. The molecule has 118 valence electrons. The molecule has 0 bridgehead atoms. The normalized spacial score (nSPS) is 10.7. The van der Waals surface area contributed by atoms with E-state index in [0.717, 1.165) is 16.0 Å². The van der Waals surface area contributed by atoms with Crippen LogP contribution in [-0.4, -0.2) is 29.0 Å². The Morgan fingerprint density at radius 3 is 2.70 bits per heavy atom. The van der Waals surface area contributed by atoms with E-state index in [2.05, 4.69) is 39.7 Å². The van der Waals surface area contributed by atoms with Crippen LogP contribution in [0.25, 0.3) is 20.7 Å². The summed E-state index contributed by atoms with van der Waals surface area (Å²) >= 11 is 1.67. The molecule has 2 N–H and O–H groups in total. The van der Waals surface area contributed by atoms with Crippen LogP contribution >= 0.6 is 11.3 Å². The molecule has 2 heterocycles. The average Bonchev–Trinajstić information content (AvgIpc) is 2.90. The lowest BCUT2D eigenvalue weighted by atomic mass is 10.1. The number of nitrogens with one attached hydrogen (secondary N) is 2. The van der Waals surface area contributed by atoms with Crippen LogP contribution in [0.15, 0.2) is 36.7 Å². The topological polar surface area (TPSA) is 66.9 Å². The minimum atomic E-state index is -0.0299. The fourth-order valence-electron chi connectivity index (χ4n) is 2.49. The first-order valence-corrected chi connectivity index (χ1v) is 8.26. The number of anilines is 1. The van der Waals surface area contributed by atoms with Gasteiger partial charge in [0.05, 0.1) is 5.39 Å². The van der Waals surface area contributed by atoms with Gasteiger partial charge in [0.25, 0.3) is 0 Å². The Kier molecular flexibility index (Phi) is 4.52. The highest BCUT2D eigenvalue weighted by Gasteiger charge is 2.15. The standard InChI is InChI=1S/C17H18N4OS/c1-11-14-16(19-9-8-18-12(2)22)20-10-21-17(14)23-15(11)13-6-4-3-5-7-13/h3-7,10H,8-9H2,1-2H3,(H,18,22)(H,19,20,21). The van der Waals surface area contributed by atoms with Crippen molar-refractivity contribution in [3.63, 3.8) is 0 Å². The van der Waals surface area contributed by atoms with Crippen LogP contribution in [0.2, 0.25) is 0 Å². The molecule has 0 saturated heterocycles. The Morgan fingerprint density at radius 2 is 1.96 bits per heavy atom. The van der Waals surface area contributed by atoms with Gasteiger partial charge in [0.15, 0.2) is 0 Å². The quantitative estimate of drug-likeness (QED) is 0.707. The van der Waals surface area contributed by atoms with Gasteiger partial charge in [-0.1, -0.05) is 30.3 Å². The molecule has 6 heteroatoms. The van der Waals surface area contributed by atoms with Gasteiger partial charge >= 0.3 is 0 Å². The third-order valence-electron chi connectivity index (χ3n) is 3.55. The van der Waals surface area contributed by atoms with Crippen LogP contribution in [0.1, 0.15) is 12.5 Å². The molecule has 0 aliphatic heterocycles. The molecule has 0 atom stereocenters. The molecule has 3 aromatic rings. The third-order valence-corrected chi connectivity index (χ3v) is 4.80. The Labute approximate surface area is 138 Å². The van der Waals surface area contributed by atoms with Crippen LogP contribution in [0.3, 0.4) is 0 Å². The van der Waals surface area contributed by atoms with Gasteiger partial charge in [-0.2, -0.15) is 0 Å². The van der Waals surface area contributed by atoms with Gasteiger partial charge in [-0.05, 0) is 18.1 Å². The number of hydrogen-bond acceptors (Lipinski definition) is 5. The van der Waals surface area contributed by atoms with E-state index in [1.165, 1.54) is 22.9 Å². The Morgan fingerprint density at radius 1 is 1.17 bits per heavy atom. The first-order valence-electron chi connectivity index (χ1n) is 7.44. The zero-order valence-electron chi connectivity index (χ0n) is 13.1. The predicted molar refractivity (Wildman–Crippen MR) is 94.8 cm³/mol. The lowest BCUT2D eigenvalue weighted by molar-refractivity contribution is -0.118. The van der Waals surface area contributed by atoms with Gasteiger partial charge in [0, 0.05) is 24.9 Å². The highest BCUT2D eigenvalue weighted by molar-refractivity contribution is 7.22. The SMILES string of the molecule is CC(=O)NCCNc1ncnc2sc(-c3ccccc3)c(C)c12. The van der Waals surface area contributed by atoms with Crippen molar-refractivity contribution < 1.29 is 4.79 Å². The molecule has 23 heavy (non-hydrogen) atoms. The largest absolute Gasteiger partial charge is 0.368 e. The zero-order valence-corrected chi connectivity index (χ0v) is 13.9. The fourth-order valence-corrected chi connectivity index (χ4v) is 3.64. The van der Waals surface area contributed by atoms with Crippen molar-refractivity contribution in [2.45, 2.75) is 13.8 Å². The van der Waals surface area contributed by atoms with Gasteiger partial charge in [0.2, 0.25) is 5.91 Å². The molecule has 0 fully saturated rings. The maximum Gasteiger partial charge on any atom is 0.216 e. The number of fused-ring (bicyclic) bond motifs is 1. The highest BCUT2D eigenvalue weighted by Crippen LogP contribution is 2.39. The van der Waals surface area contributed by atoms with Gasteiger partial charge in [-0.25, -0.2) is 9.97 Å². The summed E-state index contributed by atoms with van der Waals surface area (Å²) in [6, 6.07) is 10.3. The maximum atomic E-state index is 10.9. The Bertz CT molecular complexity index is 829. The van der Waals surface area contributed by atoms with E-state index in [9.17, 15) is 4.79 Å². The van der Waals surface area contributed by atoms with Crippen LogP contribution in [0.5, 0.6) is 0 Å². The molecule has 0 aliphatic carbocycles. The molecule has 0 spiro atoms. The molecule has 0 saturated carbocycles. The lowest BCUT2D eigenvalue weighted by Crippen LogP contribution is -2.26. The van der Waals surface area contributed by atoms with Gasteiger partial charge < -0.3 is 10.6 Å². The summed E-state index contributed by atoms with van der Waals surface area (Å²) in [5, 5.41) is 7.11. The number of carbonyl (C=O) groups excluding carboxylic acids is 1. The summed E-state index contributed by atoms with van der Waals surface area (Å²) in [5.41, 5.74) is 2.37. The molecule has 0 radical (unpaired) electrons. The first-order chi connectivity index (χ1) is 11.2. The number of thiophene rings is 1. The monoisotopic (exact) mass is 326 g/mol. The third kappa shape index (κ3) is 3.32. The Hall–Kier alpha value is -2.47. The highest BCUT2D eigenvalue weighted by atomic mass is 32.1. The van der Waals surface area contributed by atoms with Crippen LogP contribution in [0.4, 0.5) is 5.82 Å². The van der Waals surface area contributed by atoms with Crippen molar-refractivity contribution in [3.8, 4) is 10.4 Å². The van der Waals surface area contributed by atoms with Crippen LogP contribution in [-0.2, 0) is 4.79 Å². The van der Waals surface area contributed by atoms with E-state index in [4.69, 9.17) is 0 Å². The van der Waals surface area contributed by atoms with E-state index < -0.39 is 0 Å². The number of carbonyl (C=O) groups is 1. The van der Waals surface area contributed by atoms with Gasteiger partial charge in [0.1, 0.15) is 17.0 Å². The molecular formula is C17H18N4OS. The number of aromatic nitrogens is 2. The molecule has 0 aliphatic rings. The molecular weight excluding hydrogens is 308 g/mol. The summed E-state index contributed by atoms with van der Waals surface area (Å²) in [6.45, 7) is 4.80. The minimum absolute atomic E-state index is 0.0299. The summed E-state index contributed by atoms with van der Waals surface area (Å²) in [5.74, 6) is 0.786. The number of benzene rings is 1. The molecule has 5 nitrogen and oxygen atoms in total. The molecule has 2 aromatic heterocycles. The number of rotatable bonds is 5. The van der Waals surface area contributed by atoms with E-state index in [1.807, 2.05) is 18.2 Å². The molecule has 1 aromatic carbocycles. The molecule has 1 amide bonds. The van der Waals surface area contributed by atoms with Crippen molar-refractivity contribution in [1.82, 2.24) is 15.3 Å². The number of amides is 1. The van der Waals surface area contributed by atoms with Crippen LogP contribution < -0.4 is 10.6 Å². The number of aryl methyl sites for hydroxylation is 1. The van der Waals surface area contributed by atoms with Crippen molar-refractivity contribution in [1.29, 1.82) is 0 Å². The van der Waals surface area contributed by atoms with E-state index in [-0.39, 0.29) is 5.91 Å².